The number of fused-ring (bicyclic) bond motifs is 1. The number of nitrogens with zero attached hydrogens (tertiary/aromatic N) is 6. The Morgan fingerprint density at radius 3 is 2.50 bits per heavy atom. The summed E-state index contributed by atoms with van der Waals surface area (Å²) in [6.07, 6.45) is 1.05. The van der Waals surface area contributed by atoms with E-state index in [1.54, 1.807) is 16.2 Å². The van der Waals surface area contributed by atoms with Gasteiger partial charge in [-0.3, -0.25) is 23.1 Å². The Morgan fingerprint density at radius 2 is 1.87 bits per heavy atom. The van der Waals surface area contributed by atoms with Gasteiger partial charge in [0.05, 0.1) is 22.8 Å². The molecule has 38 heavy (non-hydrogen) atoms. The highest BCUT2D eigenvalue weighted by Crippen LogP contribution is 2.27. The smallest absolute Gasteiger partial charge is 0.330 e. The van der Waals surface area contributed by atoms with Gasteiger partial charge in [-0.2, -0.15) is 5.26 Å². The lowest BCUT2D eigenvalue weighted by Gasteiger charge is -2.37. The molecule has 0 radical (unpaired) electrons. The van der Waals surface area contributed by atoms with E-state index in [4.69, 9.17) is 4.98 Å². The minimum atomic E-state index is -0.642. The molecule has 0 bridgehead atoms. The second kappa shape index (κ2) is 11.1. The minimum Gasteiger partial charge on any atom is -0.412 e. The van der Waals surface area contributed by atoms with Crippen LogP contribution in [0, 0.1) is 16.7 Å². The molecule has 0 amide bonds. The van der Waals surface area contributed by atoms with Gasteiger partial charge in [-0.25, -0.2) is 9.78 Å². The van der Waals surface area contributed by atoms with Crippen molar-refractivity contribution in [1.29, 1.82) is 5.26 Å². The summed E-state index contributed by atoms with van der Waals surface area (Å²) in [5.74, 6) is 1.66. The van der Waals surface area contributed by atoms with Crippen molar-refractivity contribution in [3.63, 3.8) is 0 Å². The Balaban J connectivity index is 0.00000336. The molecule has 2 N–H and O–H groups in total. The molecule has 2 aliphatic rings. The van der Waals surface area contributed by atoms with Gasteiger partial charge in [0.1, 0.15) is 0 Å². The van der Waals surface area contributed by atoms with Crippen molar-refractivity contribution < 1.29 is 9.69 Å². The van der Waals surface area contributed by atoms with Gasteiger partial charge < -0.3 is 5.48 Å². The molecule has 2 aromatic heterocycles. The molecule has 9 nitrogen and oxygen atoms in total. The van der Waals surface area contributed by atoms with Crippen molar-refractivity contribution in [2.75, 3.05) is 37.7 Å². The summed E-state index contributed by atoms with van der Waals surface area (Å²) < 4.78 is 15.2. The number of aromatic nitrogens is 3. The average molecular weight is 539 g/mol. The van der Waals surface area contributed by atoms with Gasteiger partial charge in [-0.1, -0.05) is 26.8 Å². The van der Waals surface area contributed by atoms with E-state index in [9.17, 15) is 14.3 Å². The summed E-state index contributed by atoms with van der Waals surface area (Å²) in [6, 6.07) is 12.6. The average Bonchev–Trinajstić information content (AvgIpc) is 3.40. The maximum Gasteiger partial charge on any atom is 0.330 e. The molecule has 2 unspecified atom stereocenters. The van der Waals surface area contributed by atoms with Crippen LogP contribution in [0.4, 0.5) is 0 Å². The number of benzene rings is 1. The molecule has 204 valence electrons. The van der Waals surface area contributed by atoms with Gasteiger partial charge in [0.2, 0.25) is 0 Å². The van der Waals surface area contributed by atoms with Gasteiger partial charge in [0, 0.05) is 80.2 Å². The molecular formula is C28H38N6O3S. The predicted molar refractivity (Wildman–Crippen MR) is 151 cm³/mol. The summed E-state index contributed by atoms with van der Waals surface area (Å²) in [5.41, 5.74) is 4.54. The zero-order chi connectivity index (χ0) is 26.3. The van der Waals surface area contributed by atoms with E-state index in [2.05, 4.69) is 42.7 Å². The first-order valence-corrected chi connectivity index (χ1v) is 14.5. The molecule has 0 aliphatic carbocycles. The lowest BCUT2D eigenvalue weighted by molar-refractivity contribution is 0.100. The van der Waals surface area contributed by atoms with Crippen LogP contribution in [-0.2, 0) is 30.9 Å². The number of hydrogen-bond donors (Lipinski definition) is 0. The molecule has 2 saturated heterocycles. The van der Waals surface area contributed by atoms with E-state index in [-0.39, 0.29) is 16.6 Å². The van der Waals surface area contributed by atoms with Crippen molar-refractivity contribution in [2.24, 2.45) is 12.5 Å². The van der Waals surface area contributed by atoms with Crippen molar-refractivity contribution in [3.8, 4) is 17.3 Å². The molecule has 2 atom stereocenters. The van der Waals surface area contributed by atoms with Crippen molar-refractivity contribution in [3.05, 3.63) is 51.9 Å². The molecule has 3 aromatic rings. The molecule has 1 aromatic carbocycles. The van der Waals surface area contributed by atoms with Crippen LogP contribution in [0.25, 0.3) is 22.4 Å². The summed E-state index contributed by atoms with van der Waals surface area (Å²) in [5, 5.41) is 9.81. The number of imidazole rings is 1. The molecule has 2 fully saturated rings. The number of hydrogen-bond acceptors (Lipinski definition) is 6. The minimum absolute atomic E-state index is 0. The normalized spacial score (nSPS) is 20.9. The number of pyridine rings is 1. The number of nitriles is 1. The van der Waals surface area contributed by atoms with Crippen molar-refractivity contribution >= 4 is 22.0 Å². The molecule has 10 heteroatoms. The van der Waals surface area contributed by atoms with E-state index in [0.29, 0.717) is 29.5 Å². The van der Waals surface area contributed by atoms with Crippen LogP contribution in [0.5, 0.6) is 0 Å². The third-order valence-corrected chi connectivity index (χ3v) is 8.93. The van der Waals surface area contributed by atoms with Gasteiger partial charge in [-0.05, 0) is 41.7 Å². The molecular weight excluding hydrogens is 500 g/mol. The number of rotatable bonds is 5. The maximum atomic E-state index is 12.9. The Bertz CT molecular complexity index is 1440. The van der Waals surface area contributed by atoms with E-state index in [0.717, 1.165) is 67.3 Å². The lowest BCUT2D eigenvalue weighted by atomic mass is 9.97. The van der Waals surface area contributed by atoms with E-state index in [1.807, 2.05) is 24.3 Å². The fourth-order valence-corrected chi connectivity index (χ4v) is 7.04. The standard InChI is InChI=1S/C28H36N6O2S.H2O/c1-28(2,3)19-34-25-8-7-24(30-26(25)31(4)27(34)35)23-15-20(5-6-21(23)16-29)17-32-10-12-33(13-11-32)22-9-14-37(36)18-22;/h5-8,15,22H,9-14,17-19H2,1-4H3;1H2. The Kier molecular flexibility index (Phi) is 8.23. The highest BCUT2D eigenvalue weighted by Gasteiger charge is 2.29. The zero-order valence-electron chi connectivity index (χ0n) is 22.7. The molecule has 4 heterocycles. The van der Waals surface area contributed by atoms with Crippen molar-refractivity contribution in [2.45, 2.75) is 46.3 Å². The molecule has 0 saturated carbocycles. The fraction of sp³-hybridized carbons (Fsp3) is 0.536. The van der Waals surface area contributed by atoms with E-state index < -0.39 is 10.8 Å². The van der Waals surface area contributed by atoms with Crippen LogP contribution < -0.4 is 5.69 Å². The second-order valence-corrected chi connectivity index (χ2v) is 13.2. The Morgan fingerprint density at radius 1 is 1.13 bits per heavy atom. The SMILES string of the molecule is Cn1c(=O)n(CC(C)(C)C)c2ccc(-c3cc(CN4CCN(C5CCS(=O)C5)CC4)ccc3C#N)nc21.O. The van der Waals surface area contributed by atoms with Gasteiger partial charge in [-0.15, -0.1) is 0 Å². The molecule has 5 rings (SSSR count). The van der Waals surface area contributed by atoms with Gasteiger partial charge in [0.25, 0.3) is 0 Å². The third-order valence-electron chi connectivity index (χ3n) is 7.48. The van der Waals surface area contributed by atoms with Gasteiger partial charge in [0.15, 0.2) is 5.65 Å². The van der Waals surface area contributed by atoms with Crippen LogP contribution in [0.3, 0.4) is 0 Å². The summed E-state index contributed by atoms with van der Waals surface area (Å²) in [6.45, 7) is 11.7. The van der Waals surface area contributed by atoms with Crippen LogP contribution in [0.15, 0.2) is 35.1 Å². The van der Waals surface area contributed by atoms with Gasteiger partial charge >= 0.3 is 5.69 Å². The van der Waals surface area contributed by atoms with E-state index >= 15 is 0 Å². The maximum absolute atomic E-state index is 12.9. The van der Waals surface area contributed by atoms with Crippen molar-refractivity contribution in [1.82, 2.24) is 23.9 Å². The topological polar surface area (TPSA) is 119 Å². The first-order valence-electron chi connectivity index (χ1n) is 13.0. The van der Waals surface area contributed by atoms with Crippen LogP contribution in [-0.4, -0.2) is 77.3 Å². The number of aryl methyl sites for hydroxylation is 1. The highest BCUT2D eigenvalue weighted by atomic mass is 32.2. The highest BCUT2D eigenvalue weighted by molar-refractivity contribution is 7.85. The third kappa shape index (κ3) is 5.76. The summed E-state index contributed by atoms with van der Waals surface area (Å²) >= 11 is 0. The fourth-order valence-electron chi connectivity index (χ4n) is 5.53. The first-order chi connectivity index (χ1) is 17.6. The van der Waals surface area contributed by atoms with Crippen LogP contribution >= 0.6 is 0 Å². The first kappa shape index (κ1) is 28.2. The molecule has 2 aliphatic heterocycles. The quantitative estimate of drug-likeness (QED) is 0.491. The lowest BCUT2D eigenvalue weighted by Crippen LogP contribution is -2.50. The molecule has 0 spiro atoms. The summed E-state index contributed by atoms with van der Waals surface area (Å²) in [7, 11) is 1.11. The monoisotopic (exact) mass is 538 g/mol. The van der Waals surface area contributed by atoms with Crippen LogP contribution in [0.1, 0.15) is 38.3 Å². The number of piperazine rings is 1. The zero-order valence-corrected chi connectivity index (χ0v) is 23.6. The van der Waals surface area contributed by atoms with Crippen LogP contribution in [0.2, 0.25) is 0 Å². The van der Waals surface area contributed by atoms with E-state index in [1.165, 1.54) is 0 Å². The Hall–Kier alpha value is -2.84. The largest absolute Gasteiger partial charge is 0.412 e. The summed E-state index contributed by atoms with van der Waals surface area (Å²) in [4.78, 5) is 22.7. The predicted octanol–water partition coefficient (Wildman–Crippen LogP) is 2.13. The second-order valence-electron chi connectivity index (χ2n) is 11.6. The Labute approximate surface area is 226 Å².